The van der Waals surface area contributed by atoms with Crippen molar-refractivity contribution in [2.24, 2.45) is 0 Å². The number of nitrogens with zero attached hydrogens (tertiary/aromatic N) is 6. The van der Waals surface area contributed by atoms with E-state index < -0.39 is 0 Å². The van der Waals surface area contributed by atoms with Gasteiger partial charge in [0.25, 0.3) is 0 Å². The Morgan fingerprint density at radius 1 is 1.19 bits per heavy atom. The Morgan fingerprint density at radius 3 is 2.95 bits per heavy atom. The SMILES string of the molecule is COc1ncccc1-c1cc(C2CCCN2c2nc(Nc3cc(C4CC4)[nH]n3)cc(OCCO)n2)on1. The topological polar surface area (TPSA) is 147 Å². The average molecular weight is 505 g/mol. The molecule has 12 nitrogen and oxygen atoms in total. The number of H-pyrrole nitrogens is 1. The molecule has 1 saturated heterocycles. The van der Waals surface area contributed by atoms with Crippen molar-refractivity contribution in [3.8, 4) is 23.0 Å². The van der Waals surface area contributed by atoms with Gasteiger partial charge in [0, 0.05) is 42.6 Å². The largest absolute Gasteiger partial charge is 0.481 e. The minimum atomic E-state index is -0.114. The predicted molar refractivity (Wildman–Crippen MR) is 134 cm³/mol. The number of aliphatic hydroxyl groups excluding tert-OH is 1. The van der Waals surface area contributed by atoms with Gasteiger partial charge in [-0.15, -0.1) is 0 Å². The summed E-state index contributed by atoms with van der Waals surface area (Å²) in [5.74, 6) is 3.86. The molecule has 1 aliphatic heterocycles. The third-order valence-electron chi connectivity index (χ3n) is 6.51. The molecule has 0 bridgehead atoms. The first kappa shape index (κ1) is 23.2. The van der Waals surface area contributed by atoms with Crippen LogP contribution in [0.1, 0.15) is 49.1 Å². The summed E-state index contributed by atoms with van der Waals surface area (Å²) in [6.45, 7) is 0.761. The van der Waals surface area contributed by atoms with Gasteiger partial charge in [0.2, 0.25) is 17.7 Å². The zero-order valence-electron chi connectivity index (χ0n) is 20.4. The second kappa shape index (κ2) is 10.1. The van der Waals surface area contributed by atoms with Crippen LogP contribution < -0.4 is 19.7 Å². The van der Waals surface area contributed by atoms with Crippen LogP contribution in [0, 0.1) is 0 Å². The molecule has 0 aromatic carbocycles. The highest BCUT2D eigenvalue weighted by Crippen LogP contribution is 2.40. The van der Waals surface area contributed by atoms with Crippen LogP contribution in [-0.4, -0.2) is 62.3 Å². The van der Waals surface area contributed by atoms with E-state index in [1.54, 1.807) is 19.4 Å². The third-order valence-corrected chi connectivity index (χ3v) is 6.51. The fourth-order valence-electron chi connectivity index (χ4n) is 4.59. The van der Waals surface area contributed by atoms with Crippen molar-refractivity contribution in [3.05, 3.63) is 48.0 Å². The molecule has 1 aliphatic carbocycles. The first-order valence-electron chi connectivity index (χ1n) is 12.4. The van der Waals surface area contributed by atoms with Crippen molar-refractivity contribution in [1.29, 1.82) is 0 Å². The lowest BCUT2D eigenvalue weighted by Gasteiger charge is -2.23. The number of hydrogen-bond acceptors (Lipinski definition) is 11. The summed E-state index contributed by atoms with van der Waals surface area (Å²) in [6.07, 6.45) is 5.84. The van der Waals surface area contributed by atoms with Gasteiger partial charge in [-0.1, -0.05) is 5.16 Å². The van der Waals surface area contributed by atoms with E-state index in [1.165, 1.54) is 12.8 Å². The fourth-order valence-corrected chi connectivity index (χ4v) is 4.59. The first-order chi connectivity index (χ1) is 18.2. The lowest BCUT2D eigenvalue weighted by Crippen LogP contribution is -2.25. The molecule has 1 saturated carbocycles. The Balaban J connectivity index is 1.28. The summed E-state index contributed by atoms with van der Waals surface area (Å²) < 4.78 is 16.8. The highest BCUT2D eigenvalue weighted by atomic mass is 16.5. The van der Waals surface area contributed by atoms with Crippen LogP contribution in [0.2, 0.25) is 0 Å². The van der Waals surface area contributed by atoms with Crippen molar-refractivity contribution in [3.63, 3.8) is 0 Å². The van der Waals surface area contributed by atoms with E-state index in [1.807, 2.05) is 24.3 Å². The number of aromatic amines is 1. The highest BCUT2D eigenvalue weighted by molar-refractivity contribution is 5.65. The number of aliphatic hydroxyl groups is 1. The zero-order valence-corrected chi connectivity index (χ0v) is 20.4. The summed E-state index contributed by atoms with van der Waals surface area (Å²) in [5, 5.41) is 24.3. The van der Waals surface area contributed by atoms with Crippen LogP contribution in [0.3, 0.4) is 0 Å². The molecule has 12 heteroatoms. The van der Waals surface area contributed by atoms with Crippen LogP contribution in [0.4, 0.5) is 17.6 Å². The van der Waals surface area contributed by atoms with Crippen molar-refractivity contribution in [2.75, 3.05) is 37.1 Å². The van der Waals surface area contributed by atoms with Crippen molar-refractivity contribution in [2.45, 2.75) is 37.6 Å². The van der Waals surface area contributed by atoms with E-state index in [0.717, 1.165) is 30.6 Å². The Hall–Kier alpha value is -4.19. The standard InChI is InChI=1S/C25H28N8O4/c1-35-24-16(4-2-8-26-24)18-12-20(37-32-18)19-5-3-9-33(19)25-28-21(14-23(29-25)36-11-10-34)27-22-13-17(30-31-22)15-6-7-15/h2,4,8,12-15,19,34H,3,5-7,9-11H2,1H3,(H2,27,28,29,30,31). The van der Waals surface area contributed by atoms with E-state index in [9.17, 15) is 5.11 Å². The number of aromatic nitrogens is 6. The number of anilines is 3. The molecule has 4 aromatic heterocycles. The van der Waals surface area contributed by atoms with Crippen molar-refractivity contribution < 1.29 is 19.1 Å². The molecular weight excluding hydrogens is 476 g/mol. The monoisotopic (exact) mass is 504 g/mol. The van der Waals surface area contributed by atoms with Crippen molar-refractivity contribution in [1.82, 2.24) is 30.3 Å². The van der Waals surface area contributed by atoms with Crippen LogP contribution in [-0.2, 0) is 0 Å². The molecule has 1 unspecified atom stereocenters. The molecule has 1 atom stereocenters. The lowest BCUT2D eigenvalue weighted by molar-refractivity contribution is 0.196. The number of methoxy groups -OCH3 is 1. The number of rotatable bonds is 10. The molecule has 192 valence electrons. The van der Waals surface area contributed by atoms with Gasteiger partial charge in [-0.25, -0.2) is 4.98 Å². The lowest BCUT2D eigenvalue weighted by atomic mass is 10.1. The Morgan fingerprint density at radius 2 is 2.11 bits per heavy atom. The smallest absolute Gasteiger partial charge is 0.231 e. The van der Waals surface area contributed by atoms with Gasteiger partial charge in [0.05, 0.1) is 25.3 Å². The maximum absolute atomic E-state index is 9.26. The van der Waals surface area contributed by atoms with E-state index in [0.29, 0.717) is 46.7 Å². The van der Waals surface area contributed by atoms with Gasteiger partial charge in [-0.2, -0.15) is 15.1 Å². The van der Waals surface area contributed by atoms with E-state index in [2.05, 4.69) is 35.5 Å². The predicted octanol–water partition coefficient (Wildman–Crippen LogP) is 3.59. The Kier molecular flexibility index (Phi) is 6.31. The van der Waals surface area contributed by atoms with Gasteiger partial charge < -0.3 is 29.3 Å². The van der Waals surface area contributed by atoms with Gasteiger partial charge in [0.15, 0.2) is 11.6 Å². The number of pyridine rings is 1. The molecule has 37 heavy (non-hydrogen) atoms. The molecule has 4 aromatic rings. The summed E-state index contributed by atoms with van der Waals surface area (Å²) in [5.41, 5.74) is 2.54. The molecule has 0 radical (unpaired) electrons. The minimum Gasteiger partial charge on any atom is -0.481 e. The second-order valence-corrected chi connectivity index (χ2v) is 9.10. The van der Waals surface area contributed by atoms with E-state index in [4.69, 9.17) is 19.0 Å². The summed E-state index contributed by atoms with van der Waals surface area (Å²) in [6, 6.07) is 9.26. The normalized spacial score (nSPS) is 17.2. The average Bonchev–Trinajstić information content (AvgIpc) is 3.29. The molecule has 0 amide bonds. The van der Waals surface area contributed by atoms with E-state index >= 15 is 0 Å². The van der Waals surface area contributed by atoms with Gasteiger partial charge in [0.1, 0.15) is 18.1 Å². The fraction of sp³-hybridized carbons (Fsp3) is 0.400. The molecular formula is C25H28N8O4. The Labute approximate surface area is 213 Å². The quantitative estimate of drug-likeness (QED) is 0.291. The summed E-state index contributed by atoms with van der Waals surface area (Å²) >= 11 is 0. The first-order valence-corrected chi connectivity index (χ1v) is 12.4. The molecule has 0 spiro atoms. The third kappa shape index (κ3) is 4.92. The molecule has 6 rings (SSSR count). The van der Waals surface area contributed by atoms with Crippen LogP contribution in [0.15, 0.2) is 41.1 Å². The number of hydrogen-bond donors (Lipinski definition) is 3. The second-order valence-electron chi connectivity index (χ2n) is 9.10. The van der Waals surface area contributed by atoms with Crippen LogP contribution >= 0.6 is 0 Å². The summed E-state index contributed by atoms with van der Waals surface area (Å²) in [7, 11) is 1.58. The summed E-state index contributed by atoms with van der Waals surface area (Å²) in [4.78, 5) is 15.7. The van der Waals surface area contributed by atoms with E-state index in [-0.39, 0.29) is 19.3 Å². The zero-order chi connectivity index (χ0) is 25.2. The van der Waals surface area contributed by atoms with Gasteiger partial charge in [-0.05, 0) is 37.8 Å². The van der Waals surface area contributed by atoms with Crippen LogP contribution in [0.5, 0.6) is 11.8 Å². The number of nitrogens with one attached hydrogen (secondary N) is 2. The minimum absolute atomic E-state index is 0.100. The van der Waals surface area contributed by atoms with Gasteiger partial charge >= 0.3 is 0 Å². The van der Waals surface area contributed by atoms with Gasteiger partial charge in [-0.3, -0.25) is 5.10 Å². The molecule has 3 N–H and O–H groups in total. The molecule has 2 aliphatic rings. The van der Waals surface area contributed by atoms with Crippen LogP contribution in [0.25, 0.3) is 11.3 Å². The highest BCUT2D eigenvalue weighted by Gasteiger charge is 2.32. The molecule has 2 fully saturated rings. The molecule has 5 heterocycles. The maximum Gasteiger partial charge on any atom is 0.231 e. The van der Waals surface area contributed by atoms with Crippen molar-refractivity contribution >= 4 is 17.6 Å². The maximum atomic E-state index is 9.26. The number of ether oxygens (including phenoxy) is 2. The Bertz CT molecular complexity index is 1370.